The maximum absolute atomic E-state index is 11.2. The molecule has 3 N–H and O–H groups in total. The summed E-state index contributed by atoms with van der Waals surface area (Å²) in [6, 6.07) is 5.75. The number of nitrogens with one attached hydrogen (secondary N) is 1. The van der Waals surface area contributed by atoms with Crippen LogP contribution in [-0.2, 0) is 4.79 Å². The Morgan fingerprint density at radius 1 is 1.53 bits per heavy atom. The summed E-state index contributed by atoms with van der Waals surface area (Å²) >= 11 is 1.52. The van der Waals surface area contributed by atoms with Gasteiger partial charge in [0.2, 0.25) is 5.91 Å². The molecule has 0 aliphatic carbocycles. The summed E-state index contributed by atoms with van der Waals surface area (Å²) in [7, 11) is 0. The van der Waals surface area contributed by atoms with Gasteiger partial charge >= 0.3 is 0 Å². The van der Waals surface area contributed by atoms with E-state index in [4.69, 9.17) is 5.73 Å². The average Bonchev–Trinajstić information content (AvgIpc) is 2.21. The van der Waals surface area contributed by atoms with E-state index >= 15 is 0 Å². The standard InChI is InChI=1S/C11H16N2OS/c1-3-13-11(14)7-15-10-6-4-5-9(12)8(10)2/h4-6H,3,7,12H2,1-2H3,(H,13,14). The van der Waals surface area contributed by atoms with Crippen LogP contribution in [0.1, 0.15) is 12.5 Å². The maximum atomic E-state index is 11.2. The van der Waals surface area contributed by atoms with E-state index in [0.29, 0.717) is 12.3 Å². The number of hydrogen-bond donors (Lipinski definition) is 2. The second-order valence-corrected chi connectivity index (χ2v) is 4.23. The van der Waals surface area contributed by atoms with Crippen LogP contribution in [0, 0.1) is 6.92 Å². The molecule has 0 aromatic heterocycles. The number of nitrogen functional groups attached to an aromatic ring is 1. The van der Waals surface area contributed by atoms with Crippen LogP contribution in [0.25, 0.3) is 0 Å². The molecular formula is C11H16N2OS. The minimum atomic E-state index is 0.0596. The predicted octanol–water partition coefficient (Wildman–Crippen LogP) is 1.81. The predicted molar refractivity (Wildman–Crippen MR) is 65.0 cm³/mol. The molecule has 1 rings (SSSR count). The molecule has 0 radical (unpaired) electrons. The molecule has 1 aromatic carbocycles. The summed E-state index contributed by atoms with van der Waals surface area (Å²) in [5, 5.41) is 2.76. The van der Waals surface area contributed by atoms with Crippen LogP contribution in [-0.4, -0.2) is 18.2 Å². The Bertz CT molecular complexity index is 352. The molecule has 0 atom stereocenters. The van der Waals surface area contributed by atoms with E-state index in [1.54, 1.807) is 0 Å². The second-order valence-electron chi connectivity index (χ2n) is 3.21. The van der Waals surface area contributed by atoms with Crippen molar-refractivity contribution >= 4 is 23.4 Å². The van der Waals surface area contributed by atoms with E-state index in [2.05, 4.69) is 5.32 Å². The van der Waals surface area contributed by atoms with E-state index in [0.717, 1.165) is 16.1 Å². The number of carbonyl (C=O) groups is 1. The number of benzene rings is 1. The molecule has 0 fully saturated rings. The minimum Gasteiger partial charge on any atom is -0.398 e. The largest absolute Gasteiger partial charge is 0.398 e. The summed E-state index contributed by atoms with van der Waals surface area (Å²) in [6.45, 7) is 4.55. The summed E-state index contributed by atoms with van der Waals surface area (Å²) < 4.78 is 0. The Balaban J connectivity index is 2.58. The van der Waals surface area contributed by atoms with Crippen LogP contribution in [0.5, 0.6) is 0 Å². The molecule has 82 valence electrons. The lowest BCUT2D eigenvalue weighted by Crippen LogP contribution is -2.24. The fraction of sp³-hybridized carbons (Fsp3) is 0.364. The van der Waals surface area contributed by atoms with Crippen LogP contribution in [0.3, 0.4) is 0 Å². The SMILES string of the molecule is CCNC(=O)CSc1cccc(N)c1C. The van der Waals surface area contributed by atoms with Gasteiger partial charge in [-0.05, 0) is 31.5 Å². The van der Waals surface area contributed by atoms with Crippen LogP contribution in [0.4, 0.5) is 5.69 Å². The van der Waals surface area contributed by atoms with Gasteiger partial charge in [-0.3, -0.25) is 4.79 Å². The van der Waals surface area contributed by atoms with E-state index in [1.807, 2.05) is 32.0 Å². The quantitative estimate of drug-likeness (QED) is 0.606. The summed E-state index contributed by atoms with van der Waals surface area (Å²) in [5.41, 5.74) is 7.59. The van der Waals surface area contributed by atoms with Crippen molar-refractivity contribution in [1.29, 1.82) is 0 Å². The maximum Gasteiger partial charge on any atom is 0.230 e. The number of amides is 1. The minimum absolute atomic E-state index is 0.0596. The van der Waals surface area contributed by atoms with Crippen LogP contribution < -0.4 is 11.1 Å². The highest BCUT2D eigenvalue weighted by Crippen LogP contribution is 2.25. The van der Waals surface area contributed by atoms with Crippen molar-refractivity contribution in [3.05, 3.63) is 23.8 Å². The van der Waals surface area contributed by atoms with Crippen molar-refractivity contribution in [2.75, 3.05) is 18.0 Å². The molecule has 0 aliphatic rings. The molecule has 4 heteroatoms. The van der Waals surface area contributed by atoms with Crippen molar-refractivity contribution < 1.29 is 4.79 Å². The summed E-state index contributed by atoms with van der Waals surface area (Å²) in [5.74, 6) is 0.502. The number of rotatable bonds is 4. The van der Waals surface area contributed by atoms with Crippen molar-refractivity contribution in [2.45, 2.75) is 18.7 Å². The molecule has 0 unspecified atom stereocenters. The lowest BCUT2D eigenvalue weighted by molar-refractivity contribution is -0.118. The summed E-state index contributed by atoms with van der Waals surface area (Å²) in [4.78, 5) is 12.3. The van der Waals surface area contributed by atoms with Crippen LogP contribution >= 0.6 is 11.8 Å². The van der Waals surface area contributed by atoms with E-state index in [1.165, 1.54) is 11.8 Å². The number of nitrogens with two attached hydrogens (primary N) is 1. The first-order valence-corrected chi connectivity index (χ1v) is 5.88. The van der Waals surface area contributed by atoms with Gasteiger partial charge in [-0.25, -0.2) is 0 Å². The Morgan fingerprint density at radius 2 is 2.27 bits per heavy atom. The summed E-state index contributed by atoms with van der Waals surface area (Å²) in [6.07, 6.45) is 0. The third kappa shape index (κ3) is 3.47. The second kappa shape index (κ2) is 5.66. The number of thioether (sulfide) groups is 1. The first kappa shape index (κ1) is 11.9. The zero-order chi connectivity index (χ0) is 11.3. The van der Waals surface area contributed by atoms with Gasteiger partial charge in [0, 0.05) is 17.1 Å². The number of anilines is 1. The molecular weight excluding hydrogens is 208 g/mol. The normalized spacial score (nSPS) is 10.0. The van der Waals surface area contributed by atoms with Gasteiger partial charge in [0.15, 0.2) is 0 Å². The van der Waals surface area contributed by atoms with Crippen molar-refractivity contribution in [1.82, 2.24) is 5.32 Å². The molecule has 0 saturated heterocycles. The molecule has 3 nitrogen and oxygen atoms in total. The first-order chi connectivity index (χ1) is 7.15. The van der Waals surface area contributed by atoms with Gasteiger partial charge < -0.3 is 11.1 Å². The highest BCUT2D eigenvalue weighted by atomic mass is 32.2. The van der Waals surface area contributed by atoms with Gasteiger partial charge in [0.25, 0.3) is 0 Å². The van der Waals surface area contributed by atoms with Crippen LogP contribution in [0.15, 0.2) is 23.1 Å². The first-order valence-electron chi connectivity index (χ1n) is 4.89. The van der Waals surface area contributed by atoms with Gasteiger partial charge in [-0.2, -0.15) is 0 Å². The molecule has 1 amide bonds. The molecule has 15 heavy (non-hydrogen) atoms. The molecule has 0 saturated carbocycles. The monoisotopic (exact) mass is 224 g/mol. The van der Waals surface area contributed by atoms with Gasteiger partial charge in [-0.1, -0.05) is 6.07 Å². The average molecular weight is 224 g/mol. The number of hydrogen-bond acceptors (Lipinski definition) is 3. The van der Waals surface area contributed by atoms with Crippen molar-refractivity contribution in [3.63, 3.8) is 0 Å². The molecule has 0 aliphatic heterocycles. The molecule has 0 spiro atoms. The highest BCUT2D eigenvalue weighted by Gasteiger charge is 2.04. The third-order valence-electron chi connectivity index (χ3n) is 2.06. The zero-order valence-electron chi connectivity index (χ0n) is 9.04. The lowest BCUT2D eigenvalue weighted by atomic mass is 10.2. The van der Waals surface area contributed by atoms with Gasteiger partial charge in [0.05, 0.1) is 5.75 Å². The smallest absolute Gasteiger partial charge is 0.230 e. The Labute approximate surface area is 94.4 Å². The Morgan fingerprint density at radius 3 is 2.93 bits per heavy atom. The Hall–Kier alpha value is -1.16. The molecule has 0 heterocycles. The van der Waals surface area contributed by atoms with E-state index in [-0.39, 0.29) is 5.91 Å². The fourth-order valence-electron chi connectivity index (χ4n) is 1.18. The number of carbonyl (C=O) groups excluding carboxylic acids is 1. The van der Waals surface area contributed by atoms with Crippen LogP contribution in [0.2, 0.25) is 0 Å². The fourth-order valence-corrected chi connectivity index (χ4v) is 2.08. The third-order valence-corrected chi connectivity index (χ3v) is 3.22. The Kier molecular flexibility index (Phi) is 4.49. The van der Waals surface area contributed by atoms with E-state index < -0.39 is 0 Å². The van der Waals surface area contributed by atoms with Crippen molar-refractivity contribution in [2.24, 2.45) is 0 Å². The van der Waals surface area contributed by atoms with E-state index in [9.17, 15) is 4.79 Å². The van der Waals surface area contributed by atoms with Gasteiger partial charge in [0.1, 0.15) is 0 Å². The topological polar surface area (TPSA) is 55.1 Å². The van der Waals surface area contributed by atoms with Crippen molar-refractivity contribution in [3.8, 4) is 0 Å². The highest BCUT2D eigenvalue weighted by molar-refractivity contribution is 8.00. The zero-order valence-corrected chi connectivity index (χ0v) is 9.86. The molecule has 1 aromatic rings. The lowest BCUT2D eigenvalue weighted by Gasteiger charge is -2.07. The molecule has 0 bridgehead atoms. The van der Waals surface area contributed by atoms with Gasteiger partial charge in [-0.15, -0.1) is 11.8 Å².